The van der Waals surface area contributed by atoms with E-state index in [4.69, 9.17) is 10.5 Å². The molecule has 0 radical (unpaired) electrons. The lowest BCUT2D eigenvalue weighted by Gasteiger charge is -2.53. The summed E-state index contributed by atoms with van der Waals surface area (Å²) < 4.78 is 45.8. The normalized spacial score (nSPS) is 26.8. The third-order valence-electron chi connectivity index (χ3n) is 5.07. The van der Waals surface area contributed by atoms with E-state index in [1.54, 1.807) is 0 Å². The van der Waals surface area contributed by atoms with E-state index in [0.29, 0.717) is 10.6 Å². The zero-order valence-electron chi connectivity index (χ0n) is 15.6. The molecular weight excluding hydrogens is 445 g/mol. The molecule has 0 saturated heterocycles. The first kappa shape index (κ1) is 23.2. The van der Waals surface area contributed by atoms with Crippen LogP contribution in [0.25, 0.3) is 10.4 Å². The number of thiophene rings is 1. The molecule has 1 saturated carbocycles. The average molecular weight is 464 g/mol. The summed E-state index contributed by atoms with van der Waals surface area (Å²) in [6.45, 7) is -0.847. The fourth-order valence-electron chi connectivity index (χ4n) is 3.37. The van der Waals surface area contributed by atoms with Crippen molar-refractivity contribution < 1.29 is 48.2 Å². The summed E-state index contributed by atoms with van der Waals surface area (Å²) in [6, 6.07) is 3.51. The van der Waals surface area contributed by atoms with Gasteiger partial charge in [-0.25, -0.2) is 4.79 Å². The average Bonchev–Trinajstić information content (AvgIpc) is 3.14. The standard InChI is InChI=1S/C18H19F3N2O7S/c19-18(20,21)9-3-7(12-4-8(6-31-12)23-16(22)28)1-2-11(9)30-15(27)17(29)10(5-24)13(25)14(17)26/h1-4,6,10,13-15,24-27,29H,5H2,(H3,22,23,28). The highest BCUT2D eigenvalue weighted by atomic mass is 32.1. The van der Waals surface area contributed by atoms with Crippen LogP contribution in [0.2, 0.25) is 0 Å². The molecule has 2 aromatic rings. The van der Waals surface area contributed by atoms with Crippen LogP contribution < -0.4 is 15.8 Å². The predicted molar refractivity (Wildman–Crippen MR) is 102 cm³/mol. The Morgan fingerprint density at radius 3 is 2.58 bits per heavy atom. The Morgan fingerprint density at radius 1 is 1.32 bits per heavy atom. The number of primary amides is 1. The highest BCUT2D eigenvalue weighted by Crippen LogP contribution is 2.45. The molecule has 1 fully saturated rings. The van der Waals surface area contributed by atoms with Gasteiger partial charge in [-0.3, -0.25) is 0 Å². The van der Waals surface area contributed by atoms with Crippen molar-refractivity contribution in [3.05, 3.63) is 35.2 Å². The third-order valence-corrected chi connectivity index (χ3v) is 6.05. The van der Waals surface area contributed by atoms with E-state index in [1.165, 1.54) is 17.5 Å². The number of halogens is 3. The quantitative estimate of drug-likeness (QED) is 0.309. The lowest BCUT2D eigenvalue weighted by Crippen LogP contribution is -2.76. The molecule has 1 aromatic carbocycles. The highest BCUT2D eigenvalue weighted by molar-refractivity contribution is 7.14. The first-order chi connectivity index (χ1) is 14.4. The largest absolute Gasteiger partial charge is 0.461 e. The van der Waals surface area contributed by atoms with Crippen LogP contribution in [0.5, 0.6) is 5.75 Å². The topological polar surface area (TPSA) is 166 Å². The lowest BCUT2D eigenvalue weighted by molar-refractivity contribution is -0.332. The smallest absolute Gasteiger partial charge is 0.419 e. The second-order valence-corrected chi connectivity index (χ2v) is 7.89. The van der Waals surface area contributed by atoms with Gasteiger partial charge in [-0.1, -0.05) is 0 Å². The van der Waals surface area contributed by atoms with Gasteiger partial charge in [-0.15, -0.1) is 11.3 Å². The van der Waals surface area contributed by atoms with Crippen LogP contribution in [-0.2, 0) is 6.18 Å². The lowest BCUT2D eigenvalue weighted by atomic mass is 9.64. The van der Waals surface area contributed by atoms with Gasteiger partial charge in [0, 0.05) is 16.2 Å². The molecule has 9 nitrogen and oxygen atoms in total. The van der Waals surface area contributed by atoms with Crippen LogP contribution in [0.15, 0.2) is 29.6 Å². The summed E-state index contributed by atoms with van der Waals surface area (Å²) in [5, 5.41) is 52.9. The molecule has 13 heteroatoms. The number of anilines is 1. The molecule has 1 aromatic heterocycles. The van der Waals surface area contributed by atoms with Crippen LogP contribution in [0.4, 0.5) is 23.7 Å². The van der Waals surface area contributed by atoms with E-state index in [2.05, 4.69) is 5.32 Å². The molecule has 1 aliphatic carbocycles. The van der Waals surface area contributed by atoms with Gasteiger partial charge in [0.05, 0.1) is 24.0 Å². The molecule has 0 spiro atoms. The molecular formula is C18H19F3N2O7S. The first-order valence-corrected chi connectivity index (χ1v) is 9.68. The minimum atomic E-state index is -4.91. The van der Waals surface area contributed by atoms with Gasteiger partial charge < -0.3 is 41.3 Å². The van der Waals surface area contributed by atoms with Crippen molar-refractivity contribution in [1.82, 2.24) is 0 Å². The molecule has 5 unspecified atom stereocenters. The van der Waals surface area contributed by atoms with Crippen molar-refractivity contribution in [2.75, 3.05) is 11.9 Å². The number of amides is 2. The van der Waals surface area contributed by atoms with Crippen molar-refractivity contribution in [3.63, 3.8) is 0 Å². The fourth-order valence-corrected chi connectivity index (χ4v) is 4.21. The molecule has 170 valence electrons. The van der Waals surface area contributed by atoms with Crippen molar-refractivity contribution in [2.45, 2.75) is 30.3 Å². The maximum absolute atomic E-state index is 13.6. The predicted octanol–water partition coefficient (Wildman–Crippen LogP) is 0.697. The molecule has 31 heavy (non-hydrogen) atoms. The number of nitrogens with two attached hydrogens (primary N) is 1. The number of carbonyl (C=O) groups excluding carboxylic acids is 1. The summed E-state index contributed by atoms with van der Waals surface area (Å²) >= 11 is 1.05. The molecule has 3 rings (SSSR count). The van der Waals surface area contributed by atoms with Crippen LogP contribution in [0.1, 0.15) is 5.56 Å². The number of aliphatic hydroxyl groups excluding tert-OH is 4. The Kier molecular flexibility index (Phi) is 6.19. The van der Waals surface area contributed by atoms with Gasteiger partial charge in [0.15, 0.2) is 5.60 Å². The summed E-state index contributed by atoms with van der Waals surface area (Å²) in [5.41, 5.74) is 1.58. The number of carbonyl (C=O) groups is 1. The maximum Gasteiger partial charge on any atom is 0.419 e. The van der Waals surface area contributed by atoms with E-state index < -0.39 is 60.1 Å². The Hall–Kier alpha value is -2.42. The monoisotopic (exact) mass is 464 g/mol. The van der Waals surface area contributed by atoms with Crippen molar-refractivity contribution in [3.8, 4) is 16.2 Å². The second kappa shape index (κ2) is 8.26. The number of urea groups is 1. The summed E-state index contributed by atoms with van der Waals surface area (Å²) in [6.07, 6.45) is -10.8. The number of hydrogen-bond donors (Lipinski definition) is 7. The third kappa shape index (κ3) is 4.20. The van der Waals surface area contributed by atoms with E-state index in [0.717, 1.165) is 23.5 Å². The van der Waals surface area contributed by atoms with Crippen molar-refractivity contribution >= 4 is 23.1 Å². The zero-order valence-corrected chi connectivity index (χ0v) is 16.4. The summed E-state index contributed by atoms with van der Waals surface area (Å²) in [7, 11) is 0. The van der Waals surface area contributed by atoms with Gasteiger partial charge in [0.25, 0.3) is 0 Å². The van der Waals surface area contributed by atoms with Gasteiger partial charge in [-0.05, 0) is 29.8 Å². The molecule has 1 heterocycles. The molecule has 0 aliphatic heterocycles. The number of rotatable bonds is 6. The zero-order chi connectivity index (χ0) is 23.1. The second-order valence-electron chi connectivity index (χ2n) is 6.98. The van der Waals surface area contributed by atoms with Gasteiger partial charge in [0.1, 0.15) is 11.9 Å². The van der Waals surface area contributed by atoms with E-state index in [9.17, 15) is 43.5 Å². The van der Waals surface area contributed by atoms with Gasteiger partial charge >= 0.3 is 12.2 Å². The number of alkyl halides is 3. The van der Waals surface area contributed by atoms with E-state index >= 15 is 0 Å². The fraction of sp³-hybridized carbons (Fsp3) is 0.389. The summed E-state index contributed by atoms with van der Waals surface area (Å²) in [4.78, 5) is 11.3. The SMILES string of the molecule is NC(=O)Nc1csc(-c2ccc(OC(O)C3(O)C(O)C(O)C3CO)c(C(F)(F)F)c2)c1. The van der Waals surface area contributed by atoms with Gasteiger partial charge in [0.2, 0.25) is 6.29 Å². The van der Waals surface area contributed by atoms with Crippen LogP contribution in [-0.4, -0.2) is 62.3 Å². The Morgan fingerprint density at radius 2 is 2.00 bits per heavy atom. The molecule has 2 amide bonds. The maximum atomic E-state index is 13.6. The first-order valence-electron chi connectivity index (χ1n) is 8.80. The Bertz CT molecular complexity index is 970. The number of nitrogens with one attached hydrogen (secondary N) is 1. The number of benzene rings is 1. The molecule has 5 atom stereocenters. The molecule has 8 N–H and O–H groups in total. The number of aliphatic hydroxyl groups is 5. The van der Waals surface area contributed by atoms with Crippen molar-refractivity contribution in [2.24, 2.45) is 11.7 Å². The number of hydrogen-bond acceptors (Lipinski definition) is 8. The molecule has 1 aliphatic rings. The number of ether oxygens (including phenoxy) is 1. The summed E-state index contributed by atoms with van der Waals surface area (Å²) in [5.74, 6) is -2.26. The molecule has 0 bridgehead atoms. The Labute approximate surface area is 177 Å². The minimum absolute atomic E-state index is 0.128. The minimum Gasteiger partial charge on any atom is -0.461 e. The Balaban J connectivity index is 1.91. The van der Waals surface area contributed by atoms with Gasteiger partial charge in [-0.2, -0.15) is 13.2 Å². The van der Waals surface area contributed by atoms with E-state index in [-0.39, 0.29) is 5.56 Å². The van der Waals surface area contributed by atoms with Crippen LogP contribution >= 0.6 is 11.3 Å². The van der Waals surface area contributed by atoms with Crippen molar-refractivity contribution in [1.29, 1.82) is 0 Å². The van der Waals surface area contributed by atoms with E-state index in [1.807, 2.05) is 0 Å². The van der Waals surface area contributed by atoms with Crippen LogP contribution in [0.3, 0.4) is 0 Å². The highest BCUT2D eigenvalue weighted by Gasteiger charge is 2.65. The van der Waals surface area contributed by atoms with Crippen LogP contribution in [0, 0.1) is 5.92 Å².